The van der Waals surface area contributed by atoms with E-state index < -0.39 is 0 Å². The van der Waals surface area contributed by atoms with Crippen molar-refractivity contribution in [3.63, 3.8) is 0 Å². The molecule has 2 rings (SSSR count). The van der Waals surface area contributed by atoms with E-state index in [1.165, 1.54) is 42.4 Å². The molecule has 1 aliphatic rings. The lowest BCUT2D eigenvalue weighted by Gasteiger charge is -2.39. The van der Waals surface area contributed by atoms with Crippen LogP contribution >= 0.6 is 0 Å². The van der Waals surface area contributed by atoms with Crippen LogP contribution in [0.4, 0.5) is 0 Å². The zero-order valence-electron chi connectivity index (χ0n) is 14.4. The zero-order valence-corrected chi connectivity index (χ0v) is 14.4. The number of hydrogen-bond acceptors (Lipinski definition) is 2. The summed E-state index contributed by atoms with van der Waals surface area (Å²) in [6, 6.07) is 7.49. The van der Waals surface area contributed by atoms with E-state index in [1.807, 2.05) is 0 Å². The fourth-order valence-corrected chi connectivity index (χ4v) is 3.61. The molecule has 0 amide bonds. The number of hydrogen-bond donors (Lipinski definition) is 1. The lowest BCUT2D eigenvalue weighted by molar-refractivity contribution is 0.123. The van der Waals surface area contributed by atoms with Crippen LogP contribution in [0.1, 0.15) is 62.3 Å². The van der Waals surface area contributed by atoms with Crippen LogP contribution in [-0.2, 0) is 0 Å². The zero-order chi connectivity index (χ0) is 15.6. The first-order chi connectivity index (χ1) is 9.77. The molecular weight excluding hydrogens is 256 g/mol. The number of nitrogens with two attached hydrogens (primary N) is 1. The topological polar surface area (TPSA) is 29.3 Å². The van der Waals surface area contributed by atoms with Gasteiger partial charge in [0.25, 0.3) is 0 Å². The van der Waals surface area contributed by atoms with E-state index in [2.05, 4.69) is 57.8 Å². The summed E-state index contributed by atoms with van der Waals surface area (Å²) < 4.78 is 0. The summed E-state index contributed by atoms with van der Waals surface area (Å²) >= 11 is 0. The third-order valence-electron chi connectivity index (χ3n) is 5.09. The molecule has 0 bridgehead atoms. The van der Waals surface area contributed by atoms with Gasteiger partial charge in [0.15, 0.2) is 0 Å². The first kappa shape index (κ1) is 16.5. The van der Waals surface area contributed by atoms with E-state index in [1.54, 1.807) is 0 Å². The van der Waals surface area contributed by atoms with Crippen LogP contribution in [-0.4, -0.2) is 24.5 Å². The third kappa shape index (κ3) is 4.55. The van der Waals surface area contributed by atoms with Crippen LogP contribution in [0.15, 0.2) is 18.2 Å². The molecule has 0 heterocycles. The van der Waals surface area contributed by atoms with Gasteiger partial charge in [-0.1, -0.05) is 43.2 Å². The van der Waals surface area contributed by atoms with Gasteiger partial charge in [0.1, 0.15) is 0 Å². The molecule has 0 spiro atoms. The van der Waals surface area contributed by atoms with E-state index in [4.69, 9.17) is 5.73 Å². The van der Waals surface area contributed by atoms with E-state index >= 15 is 0 Å². The molecule has 2 N–H and O–H groups in total. The van der Waals surface area contributed by atoms with Crippen molar-refractivity contribution in [2.45, 2.75) is 65.5 Å². The SMILES string of the molecule is Cc1cc(C)cc(C(N)CN(C)C2CCC(C)(C)CC2)c1. The van der Waals surface area contributed by atoms with Crippen molar-refractivity contribution in [3.05, 3.63) is 34.9 Å². The molecule has 1 aromatic rings. The molecule has 118 valence electrons. The van der Waals surface area contributed by atoms with Crippen LogP contribution < -0.4 is 5.73 Å². The quantitative estimate of drug-likeness (QED) is 0.899. The Labute approximate surface area is 130 Å². The maximum absolute atomic E-state index is 6.45. The molecule has 1 aromatic carbocycles. The van der Waals surface area contributed by atoms with Gasteiger partial charge >= 0.3 is 0 Å². The second-order valence-electron chi connectivity index (χ2n) is 7.86. The van der Waals surface area contributed by atoms with Gasteiger partial charge in [-0.25, -0.2) is 0 Å². The highest BCUT2D eigenvalue weighted by molar-refractivity contribution is 5.30. The summed E-state index contributed by atoms with van der Waals surface area (Å²) in [6.45, 7) is 10.0. The molecule has 2 nitrogen and oxygen atoms in total. The van der Waals surface area contributed by atoms with Crippen molar-refractivity contribution in [2.75, 3.05) is 13.6 Å². The molecule has 2 heteroatoms. The Kier molecular flexibility index (Phi) is 5.11. The summed E-state index contributed by atoms with van der Waals surface area (Å²) in [5.74, 6) is 0. The summed E-state index contributed by atoms with van der Waals surface area (Å²) in [6.07, 6.45) is 5.29. The third-order valence-corrected chi connectivity index (χ3v) is 5.09. The smallest absolute Gasteiger partial charge is 0.0424 e. The van der Waals surface area contributed by atoms with Gasteiger partial charge in [0.2, 0.25) is 0 Å². The minimum Gasteiger partial charge on any atom is -0.323 e. The fourth-order valence-electron chi connectivity index (χ4n) is 3.61. The first-order valence-corrected chi connectivity index (χ1v) is 8.31. The predicted octanol–water partition coefficient (Wildman–Crippen LogP) is 4.20. The second-order valence-corrected chi connectivity index (χ2v) is 7.86. The Balaban J connectivity index is 1.94. The van der Waals surface area contributed by atoms with Crippen LogP contribution in [0.5, 0.6) is 0 Å². The minimum atomic E-state index is 0.114. The van der Waals surface area contributed by atoms with Gasteiger partial charge in [0.05, 0.1) is 0 Å². The Morgan fingerprint density at radius 1 is 1.14 bits per heavy atom. The Hall–Kier alpha value is -0.860. The van der Waals surface area contributed by atoms with Crippen LogP contribution in [0.3, 0.4) is 0 Å². The number of nitrogens with zero attached hydrogens (tertiary/aromatic N) is 1. The standard InChI is InChI=1S/C19H32N2/c1-14-10-15(2)12-16(11-14)18(20)13-21(5)17-6-8-19(3,4)9-7-17/h10-12,17-18H,6-9,13,20H2,1-5H3. The van der Waals surface area contributed by atoms with E-state index in [-0.39, 0.29) is 6.04 Å². The molecule has 1 unspecified atom stereocenters. The largest absolute Gasteiger partial charge is 0.323 e. The van der Waals surface area contributed by atoms with E-state index in [9.17, 15) is 0 Å². The summed E-state index contributed by atoms with van der Waals surface area (Å²) in [5.41, 5.74) is 10.9. The van der Waals surface area contributed by atoms with Gasteiger partial charge in [0, 0.05) is 18.6 Å². The first-order valence-electron chi connectivity index (χ1n) is 8.31. The Morgan fingerprint density at radius 3 is 2.19 bits per heavy atom. The van der Waals surface area contributed by atoms with E-state index in [0.29, 0.717) is 11.5 Å². The van der Waals surface area contributed by atoms with Crippen LogP contribution in [0, 0.1) is 19.3 Å². The highest BCUT2D eigenvalue weighted by Crippen LogP contribution is 2.36. The summed E-state index contributed by atoms with van der Waals surface area (Å²) in [4.78, 5) is 2.48. The fraction of sp³-hybridized carbons (Fsp3) is 0.684. The average Bonchev–Trinajstić information content (AvgIpc) is 2.37. The lowest BCUT2D eigenvalue weighted by atomic mass is 9.75. The van der Waals surface area contributed by atoms with Crippen molar-refractivity contribution in [2.24, 2.45) is 11.1 Å². The highest BCUT2D eigenvalue weighted by Gasteiger charge is 2.29. The summed E-state index contributed by atoms with van der Waals surface area (Å²) in [7, 11) is 2.24. The number of likely N-dealkylation sites (N-methyl/N-ethyl adjacent to an activating group) is 1. The summed E-state index contributed by atoms with van der Waals surface area (Å²) in [5, 5.41) is 0. The molecule has 0 aliphatic heterocycles. The molecule has 0 aromatic heterocycles. The van der Waals surface area contributed by atoms with Crippen LogP contribution in [0.25, 0.3) is 0 Å². The molecule has 1 atom stereocenters. The number of benzene rings is 1. The molecule has 0 radical (unpaired) electrons. The normalized spacial score (nSPS) is 20.7. The van der Waals surface area contributed by atoms with Crippen molar-refractivity contribution in [3.8, 4) is 0 Å². The van der Waals surface area contributed by atoms with Crippen molar-refractivity contribution >= 4 is 0 Å². The number of rotatable bonds is 4. The maximum atomic E-state index is 6.45. The molecule has 0 saturated heterocycles. The van der Waals surface area contributed by atoms with E-state index in [0.717, 1.165) is 6.54 Å². The molecular formula is C19H32N2. The lowest BCUT2D eigenvalue weighted by Crippen LogP contribution is -2.40. The highest BCUT2D eigenvalue weighted by atomic mass is 15.1. The van der Waals surface area contributed by atoms with Crippen LogP contribution in [0.2, 0.25) is 0 Å². The second kappa shape index (κ2) is 6.50. The van der Waals surface area contributed by atoms with Crippen molar-refractivity contribution in [1.29, 1.82) is 0 Å². The monoisotopic (exact) mass is 288 g/mol. The van der Waals surface area contributed by atoms with Crippen molar-refractivity contribution < 1.29 is 0 Å². The van der Waals surface area contributed by atoms with Gasteiger partial charge in [-0.15, -0.1) is 0 Å². The van der Waals surface area contributed by atoms with Gasteiger partial charge in [-0.3, -0.25) is 0 Å². The molecule has 1 fully saturated rings. The predicted molar refractivity (Wildman–Crippen MR) is 91.5 cm³/mol. The molecule has 21 heavy (non-hydrogen) atoms. The van der Waals surface area contributed by atoms with Crippen molar-refractivity contribution in [1.82, 2.24) is 4.90 Å². The Bertz CT molecular complexity index is 448. The van der Waals surface area contributed by atoms with Gasteiger partial charge in [-0.2, -0.15) is 0 Å². The van der Waals surface area contributed by atoms with Gasteiger partial charge < -0.3 is 10.6 Å². The Morgan fingerprint density at radius 2 is 1.67 bits per heavy atom. The molecule has 1 saturated carbocycles. The average molecular weight is 288 g/mol. The minimum absolute atomic E-state index is 0.114. The molecule has 1 aliphatic carbocycles. The van der Waals surface area contributed by atoms with Gasteiger partial charge in [-0.05, 0) is 57.6 Å². The number of aryl methyl sites for hydroxylation is 2. The maximum Gasteiger partial charge on any atom is 0.0424 e.